The summed E-state index contributed by atoms with van der Waals surface area (Å²) in [5.74, 6) is -1.16. The number of carboxylic acid groups (broad SMARTS) is 1. The third-order valence-electron chi connectivity index (χ3n) is 3.33. The topological polar surface area (TPSA) is 70.4 Å². The minimum absolute atomic E-state index is 0.110. The second kappa shape index (κ2) is 5.48. The summed E-state index contributed by atoms with van der Waals surface area (Å²) in [6, 6.07) is 9.46. The molecule has 0 fully saturated rings. The average Bonchev–Trinajstić information content (AvgIpc) is 2.50. The van der Waals surface area contributed by atoms with Gasteiger partial charge in [0.2, 0.25) is 0 Å². The van der Waals surface area contributed by atoms with Gasteiger partial charge in [-0.3, -0.25) is 4.98 Å². The van der Waals surface area contributed by atoms with Gasteiger partial charge in [-0.15, -0.1) is 0 Å². The molecule has 0 radical (unpaired) electrons. The maximum absolute atomic E-state index is 11.2. The number of pyridine rings is 1. The van der Waals surface area contributed by atoms with Crippen molar-refractivity contribution in [1.29, 1.82) is 0 Å². The maximum Gasteiger partial charge on any atom is 0.335 e. The predicted molar refractivity (Wildman–Crippen MR) is 85.8 cm³/mol. The Morgan fingerprint density at radius 2 is 1.82 bits per heavy atom. The number of aromatic hydroxyl groups is 1. The molecule has 0 saturated carbocycles. The Labute approximate surface area is 135 Å². The normalized spacial score (nSPS) is 10.8. The molecule has 1 heterocycles. The van der Waals surface area contributed by atoms with Crippen molar-refractivity contribution in [1.82, 2.24) is 4.98 Å². The summed E-state index contributed by atoms with van der Waals surface area (Å²) in [4.78, 5) is 15.4. The maximum atomic E-state index is 11.2. The molecule has 2 aromatic carbocycles. The number of rotatable bonds is 2. The summed E-state index contributed by atoms with van der Waals surface area (Å²) in [6.45, 7) is 0. The number of fused-ring (bicyclic) bond motifs is 1. The molecule has 4 nitrogen and oxygen atoms in total. The van der Waals surface area contributed by atoms with E-state index in [1.165, 1.54) is 18.3 Å². The third kappa shape index (κ3) is 2.36. The van der Waals surface area contributed by atoms with Crippen LogP contribution in [0.5, 0.6) is 5.75 Å². The van der Waals surface area contributed by atoms with E-state index in [4.69, 9.17) is 28.3 Å². The number of aromatic carboxylic acids is 1. The van der Waals surface area contributed by atoms with E-state index in [2.05, 4.69) is 4.98 Å². The number of hydrogen-bond acceptors (Lipinski definition) is 3. The molecule has 0 saturated heterocycles. The second-order valence-corrected chi connectivity index (χ2v) is 5.47. The van der Waals surface area contributed by atoms with Crippen LogP contribution in [0.15, 0.2) is 42.6 Å². The fourth-order valence-electron chi connectivity index (χ4n) is 2.26. The van der Waals surface area contributed by atoms with Crippen molar-refractivity contribution in [3.63, 3.8) is 0 Å². The van der Waals surface area contributed by atoms with Gasteiger partial charge in [-0.25, -0.2) is 4.79 Å². The first kappa shape index (κ1) is 14.6. The second-order valence-electron chi connectivity index (χ2n) is 4.66. The summed E-state index contributed by atoms with van der Waals surface area (Å²) in [7, 11) is 0. The zero-order valence-corrected chi connectivity index (χ0v) is 12.6. The van der Waals surface area contributed by atoms with Crippen molar-refractivity contribution in [2.24, 2.45) is 0 Å². The van der Waals surface area contributed by atoms with Gasteiger partial charge in [0, 0.05) is 22.5 Å². The lowest BCUT2D eigenvalue weighted by molar-refractivity contribution is 0.0697. The van der Waals surface area contributed by atoms with Crippen molar-refractivity contribution in [3.05, 3.63) is 58.2 Å². The van der Waals surface area contributed by atoms with E-state index in [0.717, 1.165) is 0 Å². The van der Waals surface area contributed by atoms with E-state index in [9.17, 15) is 9.90 Å². The van der Waals surface area contributed by atoms with Crippen molar-refractivity contribution in [2.75, 3.05) is 0 Å². The number of phenols is 1. The SMILES string of the molecule is O=C(O)c1ccc2c(Cl)cnc(-c3cccc(Cl)c3O)c2c1. The monoisotopic (exact) mass is 333 g/mol. The molecule has 0 aliphatic rings. The zero-order chi connectivity index (χ0) is 15.9. The molecule has 0 unspecified atom stereocenters. The van der Waals surface area contributed by atoms with Gasteiger partial charge in [-0.2, -0.15) is 0 Å². The van der Waals surface area contributed by atoms with Crippen molar-refractivity contribution in [2.45, 2.75) is 0 Å². The van der Waals surface area contributed by atoms with E-state index in [1.54, 1.807) is 24.3 Å². The highest BCUT2D eigenvalue weighted by molar-refractivity contribution is 6.36. The molecule has 0 aliphatic carbocycles. The zero-order valence-electron chi connectivity index (χ0n) is 11.0. The molecule has 3 aromatic rings. The molecule has 0 bridgehead atoms. The van der Waals surface area contributed by atoms with Gasteiger partial charge >= 0.3 is 5.97 Å². The number of carbonyl (C=O) groups is 1. The number of para-hydroxylation sites is 1. The number of hydrogen-bond donors (Lipinski definition) is 2. The number of aromatic nitrogens is 1. The van der Waals surface area contributed by atoms with Crippen LogP contribution >= 0.6 is 23.2 Å². The Balaban J connectivity index is 2.38. The van der Waals surface area contributed by atoms with Crippen molar-refractivity contribution >= 4 is 39.9 Å². The smallest absolute Gasteiger partial charge is 0.335 e. The molecule has 0 amide bonds. The minimum atomic E-state index is -1.05. The van der Waals surface area contributed by atoms with Crippen LogP contribution in [0.2, 0.25) is 10.0 Å². The van der Waals surface area contributed by atoms with E-state index in [1.807, 2.05) is 0 Å². The van der Waals surface area contributed by atoms with Gasteiger partial charge < -0.3 is 10.2 Å². The molecule has 0 aliphatic heterocycles. The lowest BCUT2D eigenvalue weighted by Gasteiger charge is -2.10. The lowest BCUT2D eigenvalue weighted by Crippen LogP contribution is -1.97. The molecule has 2 N–H and O–H groups in total. The highest BCUT2D eigenvalue weighted by Crippen LogP contribution is 2.38. The summed E-state index contributed by atoms with van der Waals surface area (Å²) in [6.07, 6.45) is 1.46. The first-order valence-corrected chi connectivity index (χ1v) is 7.04. The van der Waals surface area contributed by atoms with E-state index in [0.29, 0.717) is 27.1 Å². The largest absolute Gasteiger partial charge is 0.506 e. The van der Waals surface area contributed by atoms with E-state index >= 15 is 0 Å². The number of phenolic OH excluding ortho intramolecular Hbond substituents is 1. The molecule has 22 heavy (non-hydrogen) atoms. The Kier molecular flexibility index (Phi) is 3.64. The van der Waals surface area contributed by atoms with Crippen LogP contribution in [0.4, 0.5) is 0 Å². The Morgan fingerprint density at radius 1 is 1.05 bits per heavy atom. The molecule has 0 spiro atoms. The van der Waals surface area contributed by atoms with E-state index < -0.39 is 5.97 Å². The highest BCUT2D eigenvalue weighted by atomic mass is 35.5. The van der Waals surface area contributed by atoms with Crippen LogP contribution in [0, 0.1) is 0 Å². The predicted octanol–water partition coefficient (Wildman–Crippen LogP) is 4.61. The summed E-state index contributed by atoms with van der Waals surface area (Å²) < 4.78 is 0. The standard InChI is InChI=1S/C16H9Cl2NO3/c17-12-3-1-2-10(15(12)20)14-11-6-8(16(21)22)4-5-9(11)13(18)7-19-14/h1-7,20H,(H,21,22). The van der Waals surface area contributed by atoms with Crippen LogP contribution in [-0.2, 0) is 0 Å². The minimum Gasteiger partial charge on any atom is -0.506 e. The van der Waals surface area contributed by atoms with E-state index in [-0.39, 0.29) is 16.3 Å². The van der Waals surface area contributed by atoms with Gasteiger partial charge in [0.15, 0.2) is 0 Å². The third-order valence-corrected chi connectivity index (χ3v) is 3.93. The average molecular weight is 334 g/mol. The molecule has 110 valence electrons. The Hall–Kier alpha value is -2.30. The van der Waals surface area contributed by atoms with Crippen molar-refractivity contribution < 1.29 is 15.0 Å². The Bertz CT molecular complexity index is 909. The summed E-state index contributed by atoms with van der Waals surface area (Å²) in [5.41, 5.74) is 0.943. The van der Waals surface area contributed by atoms with Crippen LogP contribution < -0.4 is 0 Å². The first-order valence-electron chi connectivity index (χ1n) is 6.28. The van der Waals surface area contributed by atoms with Crippen LogP contribution in [-0.4, -0.2) is 21.2 Å². The number of nitrogens with zero attached hydrogens (tertiary/aromatic N) is 1. The van der Waals surface area contributed by atoms with Gasteiger partial charge in [-0.05, 0) is 24.3 Å². The van der Waals surface area contributed by atoms with Crippen LogP contribution in [0.1, 0.15) is 10.4 Å². The molecule has 6 heteroatoms. The summed E-state index contributed by atoms with van der Waals surface area (Å²) >= 11 is 12.1. The number of carboxylic acids is 1. The van der Waals surface area contributed by atoms with Gasteiger partial charge in [0.1, 0.15) is 5.75 Å². The number of benzene rings is 2. The highest BCUT2D eigenvalue weighted by Gasteiger charge is 2.15. The Morgan fingerprint density at radius 3 is 2.55 bits per heavy atom. The summed E-state index contributed by atoms with van der Waals surface area (Å²) in [5, 5.41) is 21.1. The van der Waals surface area contributed by atoms with Gasteiger partial charge in [0.25, 0.3) is 0 Å². The van der Waals surface area contributed by atoms with Gasteiger partial charge in [0.05, 0.1) is 21.3 Å². The fraction of sp³-hybridized carbons (Fsp3) is 0. The molecule has 1 aromatic heterocycles. The lowest BCUT2D eigenvalue weighted by atomic mass is 10.0. The molecule has 3 rings (SSSR count). The van der Waals surface area contributed by atoms with Crippen LogP contribution in [0.25, 0.3) is 22.0 Å². The van der Waals surface area contributed by atoms with Crippen molar-refractivity contribution in [3.8, 4) is 17.0 Å². The fourth-order valence-corrected chi connectivity index (χ4v) is 2.65. The first-order chi connectivity index (χ1) is 10.5. The molecule has 0 atom stereocenters. The number of halogens is 2. The van der Waals surface area contributed by atoms with Gasteiger partial charge in [-0.1, -0.05) is 35.3 Å². The molecular weight excluding hydrogens is 325 g/mol. The quantitative estimate of drug-likeness (QED) is 0.718. The molecular formula is C16H9Cl2NO3. The van der Waals surface area contributed by atoms with Crippen LogP contribution in [0.3, 0.4) is 0 Å².